The van der Waals surface area contributed by atoms with Crippen LogP contribution in [0.25, 0.3) is 11.3 Å². The lowest BCUT2D eigenvalue weighted by Gasteiger charge is -2.05. The summed E-state index contributed by atoms with van der Waals surface area (Å²) in [6.45, 7) is 1.95. The topological polar surface area (TPSA) is 84.1 Å². The van der Waals surface area contributed by atoms with Gasteiger partial charge >= 0.3 is 0 Å². The van der Waals surface area contributed by atoms with E-state index in [1.165, 1.54) is 0 Å². The van der Waals surface area contributed by atoms with E-state index in [4.69, 9.17) is 5.84 Å². The van der Waals surface area contributed by atoms with Crippen LogP contribution in [0.15, 0.2) is 30.3 Å². The second-order valence-electron chi connectivity index (χ2n) is 3.47. The van der Waals surface area contributed by atoms with E-state index in [0.717, 1.165) is 5.56 Å². The molecule has 5 nitrogen and oxygen atoms in total. The molecular formula is C11H12N4O. The van der Waals surface area contributed by atoms with Crippen molar-refractivity contribution in [1.29, 1.82) is 0 Å². The maximum atomic E-state index is 9.71. The Kier molecular flexibility index (Phi) is 2.70. The summed E-state index contributed by atoms with van der Waals surface area (Å²) < 4.78 is 0. The molecule has 0 aliphatic rings. The van der Waals surface area contributed by atoms with Crippen molar-refractivity contribution in [3.63, 3.8) is 0 Å². The quantitative estimate of drug-likeness (QED) is 0.522. The number of benzene rings is 1. The first kappa shape index (κ1) is 10.4. The van der Waals surface area contributed by atoms with E-state index < -0.39 is 0 Å². The zero-order valence-corrected chi connectivity index (χ0v) is 8.81. The zero-order valence-electron chi connectivity index (χ0n) is 8.81. The highest BCUT2D eigenvalue weighted by Crippen LogP contribution is 2.28. The molecule has 16 heavy (non-hydrogen) atoms. The van der Waals surface area contributed by atoms with Crippen molar-refractivity contribution in [1.82, 2.24) is 10.2 Å². The standard InChI is InChI=1S/C11H12N4O/c1-7-2-4-10(16)8(6-7)9-3-5-11(13-12)15-14-9/h2-6,16H,12H2,1H3,(H,13,15). The number of rotatable bonds is 2. The zero-order chi connectivity index (χ0) is 11.5. The molecule has 0 radical (unpaired) electrons. The molecule has 0 fully saturated rings. The third kappa shape index (κ3) is 1.94. The Hall–Kier alpha value is -2.14. The first-order chi connectivity index (χ1) is 7.70. The van der Waals surface area contributed by atoms with Crippen LogP contribution >= 0.6 is 0 Å². The van der Waals surface area contributed by atoms with E-state index in [1.807, 2.05) is 19.1 Å². The summed E-state index contributed by atoms with van der Waals surface area (Å²) in [6.07, 6.45) is 0. The summed E-state index contributed by atoms with van der Waals surface area (Å²) >= 11 is 0. The maximum absolute atomic E-state index is 9.71. The maximum Gasteiger partial charge on any atom is 0.162 e. The first-order valence-electron chi connectivity index (χ1n) is 4.81. The number of nitrogen functional groups attached to an aromatic ring is 1. The SMILES string of the molecule is Cc1ccc(O)c(-c2ccc(NN)nn2)c1. The lowest BCUT2D eigenvalue weighted by Crippen LogP contribution is -2.09. The van der Waals surface area contributed by atoms with Gasteiger partial charge in [0.1, 0.15) is 5.75 Å². The van der Waals surface area contributed by atoms with Gasteiger partial charge in [0.15, 0.2) is 5.82 Å². The third-order valence-corrected chi connectivity index (χ3v) is 2.24. The number of aromatic hydroxyl groups is 1. The summed E-state index contributed by atoms with van der Waals surface area (Å²) in [5.74, 6) is 5.86. The molecule has 0 unspecified atom stereocenters. The highest BCUT2D eigenvalue weighted by atomic mass is 16.3. The molecule has 1 aromatic carbocycles. The third-order valence-electron chi connectivity index (χ3n) is 2.24. The van der Waals surface area contributed by atoms with Crippen LogP contribution in [0.3, 0.4) is 0 Å². The molecule has 0 saturated heterocycles. The molecule has 5 heteroatoms. The number of aromatic nitrogens is 2. The summed E-state index contributed by atoms with van der Waals surface area (Å²) in [5.41, 5.74) is 4.72. The van der Waals surface area contributed by atoms with E-state index in [2.05, 4.69) is 15.6 Å². The number of nitrogens with zero attached hydrogens (tertiary/aromatic N) is 2. The lowest BCUT2D eigenvalue weighted by atomic mass is 10.1. The molecule has 1 heterocycles. The number of nitrogens with two attached hydrogens (primary N) is 1. The number of hydrazine groups is 1. The average molecular weight is 216 g/mol. The second-order valence-corrected chi connectivity index (χ2v) is 3.47. The van der Waals surface area contributed by atoms with E-state index >= 15 is 0 Å². The number of anilines is 1. The number of phenolic OH excluding ortho intramolecular Hbond substituents is 1. The molecule has 0 amide bonds. The first-order valence-corrected chi connectivity index (χ1v) is 4.81. The van der Waals surface area contributed by atoms with E-state index in [-0.39, 0.29) is 5.75 Å². The minimum Gasteiger partial charge on any atom is -0.507 e. The molecule has 0 spiro atoms. The lowest BCUT2D eigenvalue weighted by molar-refractivity contribution is 0.477. The molecule has 0 bridgehead atoms. The molecular weight excluding hydrogens is 204 g/mol. The fourth-order valence-corrected chi connectivity index (χ4v) is 1.41. The molecule has 2 rings (SSSR count). The highest BCUT2D eigenvalue weighted by molar-refractivity contribution is 5.67. The monoisotopic (exact) mass is 216 g/mol. The Labute approximate surface area is 92.9 Å². The summed E-state index contributed by atoms with van der Waals surface area (Å²) in [6, 6.07) is 8.78. The van der Waals surface area contributed by atoms with Crippen molar-refractivity contribution in [3.8, 4) is 17.0 Å². The van der Waals surface area contributed by atoms with Gasteiger partial charge in [-0.3, -0.25) is 0 Å². The van der Waals surface area contributed by atoms with Gasteiger partial charge in [0, 0.05) is 5.56 Å². The van der Waals surface area contributed by atoms with E-state index in [1.54, 1.807) is 18.2 Å². The van der Waals surface area contributed by atoms with Crippen molar-refractivity contribution in [2.75, 3.05) is 5.43 Å². The second kappa shape index (κ2) is 4.16. The number of hydrogen-bond donors (Lipinski definition) is 3. The Bertz CT molecular complexity index is 496. The molecule has 1 aromatic heterocycles. The van der Waals surface area contributed by atoms with Gasteiger partial charge < -0.3 is 10.5 Å². The van der Waals surface area contributed by atoms with Crippen LogP contribution in [0.1, 0.15) is 5.56 Å². The van der Waals surface area contributed by atoms with E-state index in [0.29, 0.717) is 17.1 Å². The van der Waals surface area contributed by atoms with Gasteiger partial charge in [0.25, 0.3) is 0 Å². The van der Waals surface area contributed by atoms with Crippen molar-refractivity contribution >= 4 is 5.82 Å². The number of phenols is 1. The molecule has 82 valence electrons. The van der Waals surface area contributed by atoms with Crippen molar-refractivity contribution in [2.45, 2.75) is 6.92 Å². The predicted molar refractivity (Wildman–Crippen MR) is 61.7 cm³/mol. The summed E-state index contributed by atoms with van der Waals surface area (Å²) in [7, 11) is 0. The van der Waals surface area contributed by atoms with E-state index in [9.17, 15) is 5.11 Å². The van der Waals surface area contributed by atoms with Gasteiger partial charge in [-0.05, 0) is 31.2 Å². The van der Waals surface area contributed by atoms with Crippen LogP contribution in [0.4, 0.5) is 5.82 Å². The fourth-order valence-electron chi connectivity index (χ4n) is 1.41. The summed E-state index contributed by atoms with van der Waals surface area (Å²) in [5, 5.41) is 17.5. The highest BCUT2D eigenvalue weighted by Gasteiger charge is 2.06. The number of aryl methyl sites for hydroxylation is 1. The van der Waals surface area contributed by atoms with Gasteiger partial charge in [-0.2, -0.15) is 0 Å². The fraction of sp³-hybridized carbons (Fsp3) is 0.0909. The Morgan fingerprint density at radius 1 is 1.19 bits per heavy atom. The number of nitrogens with one attached hydrogen (secondary N) is 1. The van der Waals surface area contributed by atoms with Crippen molar-refractivity contribution in [2.24, 2.45) is 5.84 Å². The largest absolute Gasteiger partial charge is 0.507 e. The molecule has 2 aromatic rings. The average Bonchev–Trinajstić information content (AvgIpc) is 2.32. The van der Waals surface area contributed by atoms with Crippen LogP contribution < -0.4 is 11.3 Å². The number of hydrogen-bond acceptors (Lipinski definition) is 5. The van der Waals surface area contributed by atoms with Gasteiger partial charge in [0.05, 0.1) is 5.69 Å². The molecule has 0 atom stereocenters. The molecule has 0 aliphatic carbocycles. The van der Waals surface area contributed by atoms with Gasteiger partial charge in [-0.25, -0.2) is 5.84 Å². The normalized spacial score (nSPS) is 10.1. The van der Waals surface area contributed by atoms with Crippen LogP contribution in [-0.2, 0) is 0 Å². The Morgan fingerprint density at radius 2 is 2.00 bits per heavy atom. The van der Waals surface area contributed by atoms with Gasteiger partial charge in [-0.15, -0.1) is 10.2 Å². The molecule has 0 saturated carbocycles. The molecule has 4 N–H and O–H groups in total. The predicted octanol–water partition coefficient (Wildman–Crippen LogP) is 1.44. The van der Waals surface area contributed by atoms with Gasteiger partial charge in [0.2, 0.25) is 0 Å². The minimum absolute atomic E-state index is 0.188. The van der Waals surface area contributed by atoms with Crippen molar-refractivity contribution in [3.05, 3.63) is 35.9 Å². The van der Waals surface area contributed by atoms with Crippen LogP contribution in [0.5, 0.6) is 5.75 Å². The smallest absolute Gasteiger partial charge is 0.162 e. The van der Waals surface area contributed by atoms with Gasteiger partial charge in [-0.1, -0.05) is 11.6 Å². The summed E-state index contributed by atoms with van der Waals surface area (Å²) in [4.78, 5) is 0. The molecule has 0 aliphatic heterocycles. The minimum atomic E-state index is 0.188. The Balaban J connectivity index is 2.45. The van der Waals surface area contributed by atoms with Crippen LogP contribution in [-0.4, -0.2) is 15.3 Å². The van der Waals surface area contributed by atoms with Crippen molar-refractivity contribution < 1.29 is 5.11 Å². The van der Waals surface area contributed by atoms with Crippen LogP contribution in [0, 0.1) is 6.92 Å². The Morgan fingerprint density at radius 3 is 2.62 bits per heavy atom. The van der Waals surface area contributed by atoms with Crippen LogP contribution in [0.2, 0.25) is 0 Å².